The lowest BCUT2D eigenvalue weighted by Gasteiger charge is -2.31. The van der Waals surface area contributed by atoms with Gasteiger partial charge in [-0.15, -0.1) is 0 Å². The van der Waals surface area contributed by atoms with Crippen LogP contribution in [0.5, 0.6) is 0 Å². The fraction of sp³-hybridized carbons (Fsp3) is 1.00. The summed E-state index contributed by atoms with van der Waals surface area (Å²) >= 11 is 0. The molecule has 0 aromatic carbocycles. The minimum absolute atomic E-state index is 0.159. The van der Waals surface area contributed by atoms with Gasteiger partial charge in [-0.2, -0.15) is 0 Å². The molecule has 0 N–H and O–H groups in total. The molecule has 0 saturated heterocycles. The van der Waals surface area contributed by atoms with E-state index in [1.165, 1.54) is 12.8 Å². The van der Waals surface area contributed by atoms with Crippen molar-refractivity contribution in [2.45, 2.75) is 93.0 Å². The van der Waals surface area contributed by atoms with E-state index in [0.29, 0.717) is 10.8 Å². The summed E-state index contributed by atoms with van der Waals surface area (Å²) in [6.07, 6.45) is 4.63. The average molecular weight is 317 g/mol. The molecule has 0 atom stereocenters. The summed E-state index contributed by atoms with van der Waals surface area (Å²) in [6.45, 7) is 22.2. The first-order valence-electron chi connectivity index (χ1n) is 8.67. The van der Waals surface area contributed by atoms with Crippen molar-refractivity contribution in [2.75, 3.05) is 13.2 Å². The van der Waals surface area contributed by atoms with E-state index in [1.54, 1.807) is 0 Å². The van der Waals surface area contributed by atoms with Crippen LogP contribution in [0.2, 0.25) is 5.04 Å². The fourth-order valence-electron chi connectivity index (χ4n) is 1.79. The molecule has 0 spiro atoms. The van der Waals surface area contributed by atoms with Crippen molar-refractivity contribution >= 4 is 9.28 Å². The van der Waals surface area contributed by atoms with Gasteiger partial charge in [-0.1, -0.05) is 75.2 Å². The summed E-state index contributed by atoms with van der Waals surface area (Å²) in [7, 11) is -1.62. The third-order valence-electron chi connectivity index (χ3n) is 4.72. The predicted octanol–water partition coefficient (Wildman–Crippen LogP) is 5.69. The van der Waals surface area contributed by atoms with Crippen LogP contribution in [-0.4, -0.2) is 22.5 Å². The topological polar surface area (TPSA) is 18.5 Å². The van der Waals surface area contributed by atoms with Crippen LogP contribution >= 0.6 is 0 Å². The number of hydrogen-bond donors (Lipinski definition) is 0. The largest absolute Gasteiger partial charge is 0.396 e. The van der Waals surface area contributed by atoms with E-state index in [4.69, 9.17) is 8.85 Å². The second-order valence-corrected chi connectivity index (χ2v) is 12.0. The van der Waals surface area contributed by atoms with Crippen LogP contribution in [0, 0.1) is 10.8 Å². The van der Waals surface area contributed by atoms with E-state index in [-0.39, 0.29) is 5.04 Å². The van der Waals surface area contributed by atoms with Crippen molar-refractivity contribution in [1.82, 2.24) is 0 Å². The highest BCUT2D eigenvalue weighted by atomic mass is 28.3. The normalized spacial score (nSPS) is 14.0. The highest BCUT2D eigenvalue weighted by Crippen LogP contribution is 2.31. The minimum Gasteiger partial charge on any atom is -0.396 e. The van der Waals surface area contributed by atoms with Gasteiger partial charge in [-0.25, -0.2) is 0 Å². The Balaban J connectivity index is 4.30. The number of rotatable bonds is 10. The van der Waals surface area contributed by atoms with Crippen molar-refractivity contribution in [2.24, 2.45) is 10.8 Å². The Morgan fingerprint density at radius 2 is 1.00 bits per heavy atom. The van der Waals surface area contributed by atoms with E-state index in [1.807, 2.05) is 0 Å². The second-order valence-electron chi connectivity index (χ2n) is 8.98. The zero-order chi connectivity index (χ0) is 16.7. The standard InChI is InChI=1S/C18H40O2Si/c1-10-17(6,7)12-14-19-21(16(3,4)5)20-15-13-18(8,9)11-2/h21H,10-15H2,1-9H3. The summed E-state index contributed by atoms with van der Waals surface area (Å²) in [4.78, 5) is 0. The molecule has 0 aliphatic carbocycles. The SMILES string of the molecule is CCC(C)(C)CCO[SiH](OCCC(C)(C)CC)C(C)(C)C. The molecule has 2 nitrogen and oxygen atoms in total. The van der Waals surface area contributed by atoms with Gasteiger partial charge in [0.2, 0.25) is 0 Å². The molecule has 128 valence electrons. The Hall–Kier alpha value is 0.137. The summed E-state index contributed by atoms with van der Waals surface area (Å²) in [6, 6.07) is 0. The van der Waals surface area contributed by atoms with E-state index in [9.17, 15) is 0 Å². The van der Waals surface area contributed by atoms with Crippen molar-refractivity contribution in [3.63, 3.8) is 0 Å². The van der Waals surface area contributed by atoms with E-state index >= 15 is 0 Å². The highest BCUT2D eigenvalue weighted by Gasteiger charge is 2.31. The molecule has 0 aromatic rings. The van der Waals surface area contributed by atoms with Gasteiger partial charge in [0.1, 0.15) is 0 Å². The molecular formula is C18H40O2Si. The van der Waals surface area contributed by atoms with Gasteiger partial charge >= 0.3 is 9.28 Å². The third kappa shape index (κ3) is 9.70. The lowest BCUT2D eigenvalue weighted by Crippen LogP contribution is -2.35. The molecule has 0 aromatic heterocycles. The van der Waals surface area contributed by atoms with Gasteiger partial charge in [0.25, 0.3) is 0 Å². The van der Waals surface area contributed by atoms with Crippen LogP contribution < -0.4 is 0 Å². The monoisotopic (exact) mass is 316 g/mol. The molecule has 0 aliphatic rings. The zero-order valence-electron chi connectivity index (χ0n) is 16.1. The van der Waals surface area contributed by atoms with Crippen molar-refractivity contribution in [3.05, 3.63) is 0 Å². The van der Waals surface area contributed by atoms with Crippen molar-refractivity contribution < 1.29 is 8.85 Å². The first-order chi connectivity index (χ1) is 9.43. The van der Waals surface area contributed by atoms with Crippen LogP contribution in [0.25, 0.3) is 0 Å². The molecule has 0 radical (unpaired) electrons. The highest BCUT2D eigenvalue weighted by molar-refractivity contribution is 6.48. The second kappa shape index (κ2) is 8.69. The molecular weight excluding hydrogens is 276 g/mol. The first-order valence-corrected chi connectivity index (χ1v) is 10.2. The van der Waals surface area contributed by atoms with Gasteiger partial charge < -0.3 is 8.85 Å². The lowest BCUT2D eigenvalue weighted by atomic mass is 9.87. The Labute approximate surface area is 135 Å². The zero-order valence-corrected chi connectivity index (χ0v) is 17.3. The molecule has 0 amide bonds. The molecule has 0 fully saturated rings. The van der Waals surface area contributed by atoms with Gasteiger partial charge in [0, 0.05) is 18.3 Å². The Morgan fingerprint density at radius 3 is 1.24 bits per heavy atom. The van der Waals surface area contributed by atoms with E-state index in [0.717, 1.165) is 26.1 Å². The molecule has 0 rings (SSSR count). The maximum absolute atomic E-state index is 6.21. The summed E-state index contributed by atoms with van der Waals surface area (Å²) < 4.78 is 12.4. The maximum atomic E-state index is 6.21. The molecule has 0 saturated carbocycles. The van der Waals surface area contributed by atoms with Crippen molar-refractivity contribution in [1.29, 1.82) is 0 Å². The summed E-state index contributed by atoms with van der Waals surface area (Å²) in [5.74, 6) is 0. The smallest absolute Gasteiger partial charge is 0.327 e. The average Bonchev–Trinajstić information content (AvgIpc) is 2.35. The van der Waals surface area contributed by atoms with Gasteiger partial charge in [-0.3, -0.25) is 0 Å². The van der Waals surface area contributed by atoms with E-state index < -0.39 is 9.28 Å². The van der Waals surface area contributed by atoms with Crippen LogP contribution in [0.4, 0.5) is 0 Å². The predicted molar refractivity (Wildman–Crippen MR) is 96.1 cm³/mol. The van der Waals surface area contributed by atoms with Crippen LogP contribution in [0.15, 0.2) is 0 Å². The van der Waals surface area contributed by atoms with Gasteiger partial charge in [-0.05, 0) is 23.7 Å². The van der Waals surface area contributed by atoms with Crippen LogP contribution in [-0.2, 0) is 8.85 Å². The summed E-state index contributed by atoms with van der Waals surface area (Å²) in [5, 5.41) is 0.159. The molecule has 0 unspecified atom stereocenters. The maximum Gasteiger partial charge on any atom is 0.327 e. The molecule has 3 heteroatoms. The molecule has 0 aliphatic heterocycles. The quantitative estimate of drug-likeness (QED) is 0.482. The van der Waals surface area contributed by atoms with Crippen LogP contribution in [0.1, 0.15) is 88.0 Å². The van der Waals surface area contributed by atoms with Gasteiger partial charge in [0.15, 0.2) is 0 Å². The van der Waals surface area contributed by atoms with Crippen molar-refractivity contribution in [3.8, 4) is 0 Å². The first kappa shape index (κ1) is 21.1. The number of hydrogen-bond acceptors (Lipinski definition) is 2. The lowest BCUT2D eigenvalue weighted by molar-refractivity contribution is 0.135. The molecule has 0 bridgehead atoms. The minimum atomic E-state index is -1.62. The Bertz CT molecular complexity index is 257. The third-order valence-corrected chi connectivity index (χ3v) is 7.21. The fourth-order valence-corrected chi connectivity index (χ4v) is 3.55. The van der Waals surface area contributed by atoms with Crippen LogP contribution in [0.3, 0.4) is 0 Å². The molecule has 0 heterocycles. The van der Waals surface area contributed by atoms with E-state index in [2.05, 4.69) is 62.3 Å². The Kier molecular flexibility index (Phi) is 8.74. The summed E-state index contributed by atoms with van der Waals surface area (Å²) in [5.41, 5.74) is 0.752. The van der Waals surface area contributed by atoms with Gasteiger partial charge in [0.05, 0.1) is 0 Å². The Morgan fingerprint density at radius 1 is 0.667 bits per heavy atom. The molecule has 21 heavy (non-hydrogen) atoms.